The molecule has 0 aliphatic carbocycles. The van der Waals surface area contributed by atoms with Crippen LogP contribution in [0.15, 0.2) is 42.6 Å². The van der Waals surface area contributed by atoms with Gasteiger partial charge in [-0.1, -0.05) is 13.0 Å². The first kappa shape index (κ1) is 12.3. The molecule has 92 valence electrons. The molecule has 0 atom stereocenters. The lowest BCUT2D eigenvalue weighted by Gasteiger charge is -2.09. The van der Waals surface area contributed by atoms with Crippen molar-refractivity contribution >= 4 is 5.78 Å². The third kappa shape index (κ3) is 2.40. The SMILES string of the molecule is CCC(=O)c1ccc(OC)cc1-c1ccccn1. The molecule has 0 aliphatic rings. The van der Waals surface area contributed by atoms with Crippen LogP contribution >= 0.6 is 0 Å². The Morgan fingerprint density at radius 3 is 2.72 bits per heavy atom. The smallest absolute Gasteiger partial charge is 0.163 e. The number of carbonyl (C=O) groups excluding carboxylic acids is 1. The highest BCUT2D eigenvalue weighted by Gasteiger charge is 2.13. The molecule has 1 aromatic heterocycles. The molecular formula is C15H15NO2. The van der Waals surface area contributed by atoms with Gasteiger partial charge >= 0.3 is 0 Å². The first-order valence-corrected chi connectivity index (χ1v) is 5.89. The Kier molecular flexibility index (Phi) is 3.72. The molecule has 0 radical (unpaired) electrons. The van der Waals surface area contributed by atoms with E-state index < -0.39 is 0 Å². The predicted octanol–water partition coefficient (Wildman–Crippen LogP) is 3.35. The molecule has 1 aromatic carbocycles. The number of pyridine rings is 1. The normalized spacial score (nSPS) is 10.1. The lowest BCUT2D eigenvalue weighted by molar-refractivity contribution is 0.0988. The van der Waals surface area contributed by atoms with E-state index in [9.17, 15) is 4.79 Å². The lowest BCUT2D eigenvalue weighted by Crippen LogP contribution is -2.01. The number of rotatable bonds is 4. The summed E-state index contributed by atoms with van der Waals surface area (Å²) >= 11 is 0. The van der Waals surface area contributed by atoms with E-state index in [1.807, 2.05) is 31.2 Å². The standard InChI is InChI=1S/C15H15NO2/c1-3-15(17)12-8-7-11(18-2)10-13(12)14-6-4-5-9-16-14/h4-10H,3H2,1-2H3. The van der Waals surface area contributed by atoms with Crippen molar-refractivity contribution in [3.8, 4) is 17.0 Å². The highest BCUT2D eigenvalue weighted by atomic mass is 16.5. The van der Waals surface area contributed by atoms with Gasteiger partial charge in [0.1, 0.15) is 5.75 Å². The lowest BCUT2D eigenvalue weighted by atomic mass is 9.99. The minimum Gasteiger partial charge on any atom is -0.497 e. The van der Waals surface area contributed by atoms with Gasteiger partial charge < -0.3 is 4.74 Å². The summed E-state index contributed by atoms with van der Waals surface area (Å²) in [5.41, 5.74) is 2.30. The van der Waals surface area contributed by atoms with Crippen LogP contribution in [0.25, 0.3) is 11.3 Å². The molecule has 0 fully saturated rings. The summed E-state index contributed by atoms with van der Waals surface area (Å²) in [7, 11) is 1.61. The van der Waals surface area contributed by atoms with Gasteiger partial charge in [-0.05, 0) is 30.3 Å². The zero-order valence-electron chi connectivity index (χ0n) is 10.5. The number of hydrogen-bond donors (Lipinski definition) is 0. The quantitative estimate of drug-likeness (QED) is 0.770. The zero-order valence-corrected chi connectivity index (χ0v) is 10.5. The summed E-state index contributed by atoms with van der Waals surface area (Å²) in [5, 5.41) is 0. The fourth-order valence-electron chi connectivity index (χ4n) is 1.82. The summed E-state index contributed by atoms with van der Waals surface area (Å²) in [6, 6.07) is 11.1. The number of benzene rings is 1. The Balaban J connectivity index is 2.58. The van der Waals surface area contributed by atoms with Gasteiger partial charge in [0.2, 0.25) is 0 Å². The Hall–Kier alpha value is -2.16. The number of methoxy groups -OCH3 is 1. The average molecular weight is 241 g/mol. The fraction of sp³-hybridized carbons (Fsp3) is 0.200. The number of Topliss-reactive ketones (excluding diaryl/α,β-unsaturated/α-hetero) is 1. The molecule has 1 heterocycles. The Labute approximate surface area is 106 Å². The predicted molar refractivity (Wildman–Crippen MR) is 70.8 cm³/mol. The minimum atomic E-state index is 0.110. The number of nitrogens with zero attached hydrogens (tertiary/aromatic N) is 1. The molecule has 0 saturated heterocycles. The second kappa shape index (κ2) is 5.45. The Morgan fingerprint density at radius 2 is 2.11 bits per heavy atom. The summed E-state index contributed by atoms with van der Waals surface area (Å²) in [4.78, 5) is 16.2. The molecule has 18 heavy (non-hydrogen) atoms. The highest BCUT2D eigenvalue weighted by molar-refractivity contribution is 6.02. The van der Waals surface area contributed by atoms with E-state index in [4.69, 9.17) is 4.74 Å². The number of ether oxygens (including phenoxy) is 1. The van der Waals surface area contributed by atoms with Gasteiger partial charge in [-0.3, -0.25) is 9.78 Å². The molecule has 0 spiro atoms. The Morgan fingerprint density at radius 1 is 1.28 bits per heavy atom. The maximum atomic E-state index is 11.9. The average Bonchev–Trinajstić information content (AvgIpc) is 2.46. The van der Waals surface area contributed by atoms with Crippen molar-refractivity contribution in [1.29, 1.82) is 0 Å². The van der Waals surface area contributed by atoms with Gasteiger partial charge in [0.25, 0.3) is 0 Å². The molecule has 2 rings (SSSR count). The van der Waals surface area contributed by atoms with Crippen LogP contribution in [-0.4, -0.2) is 17.9 Å². The summed E-state index contributed by atoms with van der Waals surface area (Å²) < 4.78 is 5.21. The van der Waals surface area contributed by atoms with Crippen molar-refractivity contribution in [3.05, 3.63) is 48.2 Å². The van der Waals surface area contributed by atoms with Crippen LogP contribution in [0.4, 0.5) is 0 Å². The van der Waals surface area contributed by atoms with Gasteiger partial charge in [-0.2, -0.15) is 0 Å². The van der Waals surface area contributed by atoms with Crippen LogP contribution in [0.1, 0.15) is 23.7 Å². The van der Waals surface area contributed by atoms with Gasteiger partial charge in [0, 0.05) is 23.7 Å². The summed E-state index contributed by atoms with van der Waals surface area (Å²) in [6.07, 6.45) is 2.20. The van der Waals surface area contributed by atoms with Crippen LogP contribution in [0.2, 0.25) is 0 Å². The van der Waals surface area contributed by atoms with E-state index in [2.05, 4.69) is 4.98 Å². The maximum absolute atomic E-state index is 11.9. The molecule has 3 nitrogen and oxygen atoms in total. The van der Waals surface area contributed by atoms with Crippen molar-refractivity contribution < 1.29 is 9.53 Å². The molecule has 3 heteroatoms. The van der Waals surface area contributed by atoms with Crippen molar-refractivity contribution in [2.24, 2.45) is 0 Å². The second-order valence-corrected chi connectivity index (χ2v) is 3.90. The van der Waals surface area contributed by atoms with E-state index in [-0.39, 0.29) is 5.78 Å². The van der Waals surface area contributed by atoms with Crippen molar-refractivity contribution in [2.75, 3.05) is 7.11 Å². The van der Waals surface area contributed by atoms with Crippen LogP contribution in [0.3, 0.4) is 0 Å². The molecular weight excluding hydrogens is 226 g/mol. The molecule has 0 N–H and O–H groups in total. The molecule has 0 amide bonds. The van der Waals surface area contributed by atoms with Crippen molar-refractivity contribution in [2.45, 2.75) is 13.3 Å². The number of aromatic nitrogens is 1. The number of ketones is 1. The second-order valence-electron chi connectivity index (χ2n) is 3.90. The highest BCUT2D eigenvalue weighted by Crippen LogP contribution is 2.27. The third-order valence-corrected chi connectivity index (χ3v) is 2.79. The largest absolute Gasteiger partial charge is 0.497 e. The van der Waals surface area contributed by atoms with Crippen LogP contribution in [0, 0.1) is 0 Å². The van der Waals surface area contributed by atoms with Gasteiger partial charge in [-0.15, -0.1) is 0 Å². The topological polar surface area (TPSA) is 39.2 Å². The zero-order chi connectivity index (χ0) is 13.0. The summed E-state index contributed by atoms with van der Waals surface area (Å²) in [5.74, 6) is 0.835. The summed E-state index contributed by atoms with van der Waals surface area (Å²) in [6.45, 7) is 1.86. The first-order chi connectivity index (χ1) is 8.76. The van der Waals surface area contributed by atoms with E-state index in [1.54, 1.807) is 25.4 Å². The first-order valence-electron chi connectivity index (χ1n) is 5.89. The fourth-order valence-corrected chi connectivity index (χ4v) is 1.82. The van der Waals surface area contributed by atoms with Crippen LogP contribution in [0.5, 0.6) is 5.75 Å². The molecule has 0 saturated carbocycles. The van der Waals surface area contributed by atoms with Gasteiger partial charge in [-0.25, -0.2) is 0 Å². The molecule has 0 bridgehead atoms. The van der Waals surface area contributed by atoms with Crippen LogP contribution in [-0.2, 0) is 0 Å². The van der Waals surface area contributed by atoms with E-state index in [0.717, 1.165) is 17.0 Å². The van der Waals surface area contributed by atoms with Crippen molar-refractivity contribution in [1.82, 2.24) is 4.98 Å². The monoisotopic (exact) mass is 241 g/mol. The van der Waals surface area contributed by atoms with E-state index >= 15 is 0 Å². The van der Waals surface area contributed by atoms with E-state index in [1.165, 1.54) is 0 Å². The van der Waals surface area contributed by atoms with Crippen LogP contribution < -0.4 is 4.74 Å². The molecule has 0 unspecified atom stereocenters. The maximum Gasteiger partial charge on any atom is 0.163 e. The van der Waals surface area contributed by atoms with Gasteiger partial charge in [0.15, 0.2) is 5.78 Å². The molecule has 0 aliphatic heterocycles. The number of carbonyl (C=O) groups is 1. The third-order valence-electron chi connectivity index (χ3n) is 2.79. The number of hydrogen-bond acceptors (Lipinski definition) is 3. The van der Waals surface area contributed by atoms with Crippen molar-refractivity contribution in [3.63, 3.8) is 0 Å². The Bertz CT molecular complexity index is 550. The van der Waals surface area contributed by atoms with E-state index in [0.29, 0.717) is 12.0 Å². The minimum absolute atomic E-state index is 0.110. The molecule has 2 aromatic rings. The van der Waals surface area contributed by atoms with Gasteiger partial charge in [0.05, 0.1) is 12.8 Å².